The van der Waals surface area contributed by atoms with Crippen LogP contribution in [0.4, 0.5) is 5.69 Å². The number of phenols is 1. The zero-order chi connectivity index (χ0) is 11.1. The molecule has 0 heterocycles. The summed E-state index contributed by atoms with van der Waals surface area (Å²) < 4.78 is 5.27. The van der Waals surface area contributed by atoms with Crippen molar-refractivity contribution in [2.75, 3.05) is 31.7 Å². The molecule has 1 N–H and O–H groups in total. The topological polar surface area (TPSA) is 32.7 Å². The monoisotopic (exact) mass is 209 g/mol. The van der Waals surface area contributed by atoms with Crippen molar-refractivity contribution in [3.63, 3.8) is 0 Å². The van der Waals surface area contributed by atoms with Gasteiger partial charge >= 0.3 is 0 Å². The van der Waals surface area contributed by atoms with E-state index in [1.807, 2.05) is 26.1 Å². The molecule has 1 aromatic rings. The first-order valence-corrected chi connectivity index (χ1v) is 5.32. The summed E-state index contributed by atoms with van der Waals surface area (Å²) in [5.41, 5.74) is 1.12. The highest BCUT2D eigenvalue weighted by Crippen LogP contribution is 2.17. The number of ether oxygens (including phenoxy) is 1. The quantitative estimate of drug-likeness (QED) is 0.729. The van der Waals surface area contributed by atoms with Crippen molar-refractivity contribution < 1.29 is 9.84 Å². The summed E-state index contributed by atoms with van der Waals surface area (Å²) in [4.78, 5) is 2.15. The van der Waals surface area contributed by atoms with E-state index in [1.54, 1.807) is 12.1 Å². The molecule has 1 rings (SSSR count). The fourth-order valence-electron chi connectivity index (χ4n) is 1.38. The van der Waals surface area contributed by atoms with Crippen LogP contribution in [0.1, 0.15) is 13.3 Å². The lowest BCUT2D eigenvalue weighted by atomic mass is 10.2. The molecule has 0 amide bonds. The van der Waals surface area contributed by atoms with Gasteiger partial charge in [0.15, 0.2) is 0 Å². The van der Waals surface area contributed by atoms with E-state index in [0.29, 0.717) is 5.75 Å². The average Bonchev–Trinajstić information content (AvgIpc) is 2.25. The van der Waals surface area contributed by atoms with E-state index in [2.05, 4.69) is 4.90 Å². The van der Waals surface area contributed by atoms with E-state index in [0.717, 1.165) is 31.9 Å². The third-order valence-electron chi connectivity index (χ3n) is 2.28. The Balaban J connectivity index is 2.33. The van der Waals surface area contributed by atoms with E-state index in [9.17, 15) is 0 Å². The van der Waals surface area contributed by atoms with Gasteiger partial charge in [-0.3, -0.25) is 0 Å². The van der Waals surface area contributed by atoms with Gasteiger partial charge in [0, 0.05) is 32.5 Å². The maximum Gasteiger partial charge on any atom is 0.115 e. The lowest BCUT2D eigenvalue weighted by Crippen LogP contribution is -2.19. The molecule has 0 fully saturated rings. The number of anilines is 1. The zero-order valence-corrected chi connectivity index (χ0v) is 9.44. The Labute approximate surface area is 91.3 Å². The molecule has 15 heavy (non-hydrogen) atoms. The lowest BCUT2D eigenvalue weighted by Gasteiger charge is -2.19. The van der Waals surface area contributed by atoms with Gasteiger partial charge in [-0.25, -0.2) is 0 Å². The standard InChI is InChI=1S/C12H19NO2/c1-3-15-10-4-9-13(2)11-5-7-12(14)8-6-11/h5-8,14H,3-4,9-10H2,1-2H3. The number of rotatable bonds is 6. The van der Waals surface area contributed by atoms with Crippen LogP contribution in [-0.4, -0.2) is 31.9 Å². The second-order valence-electron chi connectivity index (χ2n) is 3.49. The highest BCUT2D eigenvalue weighted by Gasteiger charge is 1.99. The SMILES string of the molecule is CCOCCCN(C)c1ccc(O)cc1. The highest BCUT2D eigenvalue weighted by atomic mass is 16.5. The normalized spacial score (nSPS) is 10.3. The summed E-state index contributed by atoms with van der Waals surface area (Å²) in [5, 5.41) is 9.15. The summed E-state index contributed by atoms with van der Waals surface area (Å²) >= 11 is 0. The van der Waals surface area contributed by atoms with Crippen molar-refractivity contribution in [1.29, 1.82) is 0 Å². The second kappa shape index (κ2) is 6.30. The van der Waals surface area contributed by atoms with Gasteiger partial charge in [0.2, 0.25) is 0 Å². The van der Waals surface area contributed by atoms with Crippen molar-refractivity contribution in [3.05, 3.63) is 24.3 Å². The van der Waals surface area contributed by atoms with Crippen molar-refractivity contribution in [3.8, 4) is 5.75 Å². The fourth-order valence-corrected chi connectivity index (χ4v) is 1.38. The van der Waals surface area contributed by atoms with Crippen LogP contribution in [0.25, 0.3) is 0 Å². The molecule has 0 saturated carbocycles. The number of phenolic OH excluding ortho intramolecular Hbond substituents is 1. The van der Waals surface area contributed by atoms with Gasteiger partial charge in [-0.05, 0) is 37.6 Å². The van der Waals surface area contributed by atoms with Crippen LogP contribution in [0.15, 0.2) is 24.3 Å². The van der Waals surface area contributed by atoms with E-state index < -0.39 is 0 Å². The first kappa shape index (κ1) is 11.9. The summed E-state index contributed by atoms with van der Waals surface area (Å²) in [6.07, 6.45) is 1.02. The van der Waals surface area contributed by atoms with Crippen LogP contribution >= 0.6 is 0 Å². The Morgan fingerprint density at radius 2 is 1.93 bits per heavy atom. The smallest absolute Gasteiger partial charge is 0.115 e. The molecule has 0 aliphatic heterocycles. The Hall–Kier alpha value is -1.22. The number of hydrogen-bond donors (Lipinski definition) is 1. The maximum atomic E-state index is 9.15. The molecule has 3 heteroatoms. The molecule has 0 bridgehead atoms. The third-order valence-corrected chi connectivity index (χ3v) is 2.28. The van der Waals surface area contributed by atoms with Crippen LogP contribution in [0.2, 0.25) is 0 Å². The van der Waals surface area contributed by atoms with E-state index >= 15 is 0 Å². The first-order chi connectivity index (χ1) is 7.24. The molecule has 0 saturated heterocycles. The molecule has 3 nitrogen and oxygen atoms in total. The largest absolute Gasteiger partial charge is 0.508 e. The molecule has 0 spiro atoms. The Morgan fingerprint density at radius 1 is 1.27 bits per heavy atom. The molecular weight excluding hydrogens is 190 g/mol. The summed E-state index contributed by atoms with van der Waals surface area (Å²) in [5.74, 6) is 0.307. The van der Waals surface area contributed by atoms with Gasteiger partial charge in [-0.2, -0.15) is 0 Å². The summed E-state index contributed by atoms with van der Waals surface area (Å²) in [6.45, 7) is 4.55. The third kappa shape index (κ3) is 4.21. The Morgan fingerprint density at radius 3 is 2.53 bits per heavy atom. The van der Waals surface area contributed by atoms with Crippen LogP contribution in [0, 0.1) is 0 Å². The Bertz CT molecular complexity index is 271. The van der Waals surface area contributed by atoms with Crippen molar-refractivity contribution in [2.24, 2.45) is 0 Å². The predicted octanol–water partition coefficient (Wildman–Crippen LogP) is 2.26. The second-order valence-corrected chi connectivity index (χ2v) is 3.49. The van der Waals surface area contributed by atoms with Crippen molar-refractivity contribution >= 4 is 5.69 Å². The fraction of sp³-hybridized carbons (Fsp3) is 0.500. The minimum Gasteiger partial charge on any atom is -0.508 e. The average molecular weight is 209 g/mol. The summed E-state index contributed by atoms with van der Waals surface area (Å²) in [6, 6.07) is 7.23. The first-order valence-electron chi connectivity index (χ1n) is 5.32. The number of aromatic hydroxyl groups is 1. The van der Waals surface area contributed by atoms with E-state index in [4.69, 9.17) is 9.84 Å². The van der Waals surface area contributed by atoms with Crippen molar-refractivity contribution in [2.45, 2.75) is 13.3 Å². The van der Waals surface area contributed by atoms with Crippen molar-refractivity contribution in [1.82, 2.24) is 0 Å². The highest BCUT2D eigenvalue weighted by molar-refractivity contribution is 5.47. The molecule has 0 aliphatic rings. The van der Waals surface area contributed by atoms with Gasteiger partial charge in [0.1, 0.15) is 5.75 Å². The van der Waals surface area contributed by atoms with Crippen LogP contribution < -0.4 is 4.90 Å². The Kier molecular flexibility index (Phi) is 4.98. The maximum absolute atomic E-state index is 9.15. The molecular formula is C12H19NO2. The van der Waals surface area contributed by atoms with E-state index in [-0.39, 0.29) is 0 Å². The molecule has 84 valence electrons. The predicted molar refractivity (Wildman–Crippen MR) is 62.5 cm³/mol. The molecule has 0 atom stereocenters. The molecule has 1 aromatic carbocycles. The van der Waals surface area contributed by atoms with Gasteiger partial charge in [0.05, 0.1) is 0 Å². The van der Waals surface area contributed by atoms with Gasteiger partial charge in [-0.15, -0.1) is 0 Å². The van der Waals surface area contributed by atoms with Gasteiger partial charge < -0.3 is 14.7 Å². The summed E-state index contributed by atoms with van der Waals surface area (Å²) in [7, 11) is 2.04. The van der Waals surface area contributed by atoms with Crippen LogP contribution in [0.5, 0.6) is 5.75 Å². The number of hydrogen-bond acceptors (Lipinski definition) is 3. The van der Waals surface area contributed by atoms with Crippen LogP contribution in [-0.2, 0) is 4.74 Å². The number of nitrogens with zero attached hydrogens (tertiary/aromatic N) is 1. The lowest BCUT2D eigenvalue weighted by molar-refractivity contribution is 0.146. The molecule has 0 aliphatic carbocycles. The zero-order valence-electron chi connectivity index (χ0n) is 9.44. The molecule has 0 unspecified atom stereocenters. The minimum atomic E-state index is 0.307. The van der Waals surface area contributed by atoms with Crippen LogP contribution in [0.3, 0.4) is 0 Å². The molecule has 0 aromatic heterocycles. The number of benzene rings is 1. The molecule has 0 radical (unpaired) electrons. The van der Waals surface area contributed by atoms with Gasteiger partial charge in [0.25, 0.3) is 0 Å². The van der Waals surface area contributed by atoms with Gasteiger partial charge in [-0.1, -0.05) is 0 Å². The minimum absolute atomic E-state index is 0.307. The van der Waals surface area contributed by atoms with E-state index in [1.165, 1.54) is 0 Å².